The van der Waals surface area contributed by atoms with Crippen molar-refractivity contribution in [2.24, 2.45) is 0 Å². The summed E-state index contributed by atoms with van der Waals surface area (Å²) in [5.41, 5.74) is 0. The van der Waals surface area contributed by atoms with Crippen LogP contribution in [0.3, 0.4) is 0 Å². The van der Waals surface area contributed by atoms with E-state index in [4.69, 9.17) is 4.74 Å². The molecule has 1 aliphatic rings. The highest BCUT2D eigenvalue weighted by molar-refractivity contribution is 7.99. The number of thioether (sulfide) groups is 1. The third-order valence-corrected chi connectivity index (χ3v) is 4.73. The molecule has 1 aliphatic carbocycles. The minimum absolute atomic E-state index is 0.300. The fourth-order valence-electron chi connectivity index (χ4n) is 2.25. The predicted molar refractivity (Wildman–Crippen MR) is 68.6 cm³/mol. The minimum atomic E-state index is 0.300. The molecule has 0 bridgehead atoms. The maximum Gasteiger partial charge on any atom is 0.0693 e. The predicted octanol–water partition coefficient (Wildman–Crippen LogP) is 2.67. The first-order valence-electron chi connectivity index (χ1n) is 6.00. The first kappa shape index (κ1) is 13.3. The molecule has 0 radical (unpaired) electrons. The molecule has 15 heavy (non-hydrogen) atoms. The van der Waals surface area contributed by atoms with Gasteiger partial charge in [0.15, 0.2) is 0 Å². The first-order chi connectivity index (χ1) is 7.19. The lowest BCUT2D eigenvalue weighted by Crippen LogP contribution is -2.48. The highest BCUT2D eigenvalue weighted by Crippen LogP contribution is 2.27. The fourth-order valence-corrected chi connectivity index (χ4v) is 3.19. The third kappa shape index (κ3) is 3.97. The quantitative estimate of drug-likeness (QED) is 0.786. The average molecular weight is 231 g/mol. The van der Waals surface area contributed by atoms with E-state index in [0.29, 0.717) is 18.2 Å². The summed E-state index contributed by atoms with van der Waals surface area (Å²) in [6.45, 7) is 4.36. The van der Waals surface area contributed by atoms with Crippen LogP contribution in [0.15, 0.2) is 0 Å². The Hall–Kier alpha value is 0.270. The molecule has 0 aromatic carbocycles. The zero-order valence-corrected chi connectivity index (χ0v) is 11.3. The highest BCUT2D eigenvalue weighted by atomic mass is 32.2. The van der Waals surface area contributed by atoms with Gasteiger partial charge < -0.3 is 10.1 Å². The van der Waals surface area contributed by atoms with Gasteiger partial charge in [-0.05, 0) is 32.9 Å². The van der Waals surface area contributed by atoms with Crippen LogP contribution in [0.2, 0.25) is 0 Å². The molecule has 1 saturated carbocycles. The Bertz CT molecular complexity index is 177. The Labute approximate surface area is 98.5 Å². The van der Waals surface area contributed by atoms with Crippen LogP contribution in [0.5, 0.6) is 0 Å². The van der Waals surface area contributed by atoms with Crippen LogP contribution in [-0.2, 0) is 4.74 Å². The molecule has 0 saturated heterocycles. The molecule has 0 amide bonds. The third-order valence-electron chi connectivity index (χ3n) is 3.56. The molecular formula is C12H25NOS. The van der Waals surface area contributed by atoms with Crippen molar-refractivity contribution in [1.29, 1.82) is 0 Å². The summed E-state index contributed by atoms with van der Waals surface area (Å²) in [5.74, 6) is 0. The Morgan fingerprint density at radius 3 is 2.53 bits per heavy atom. The molecule has 0 aromatic rings. The van der Waals surface area contributed by atoms with Crippen LogP contribution in [0.4, 0.5) is 0 Å². The van der Waals surface area contributed by atoms with E-state index in [1.165, 1.54) is 25.7 Å². The summed E-state index contributed by atoms with van der Waals surface area (Å²) in [7, 11) is 1.79. The Morgan fingerprint density at radius 1 is 1.27 bits per heavy atom. The van der Waals surface area contributed by atoms with Crippen molar-refractivity contribution in [3.05, 3.63) is 0 Å². The van der Waals surface area contributed by atoms with Crippen LogP contribution >= 0.6 is 11.8 Å². The maximum atomic E-state index is 5.35. The number of ether oxygens (including phenoxy) is 1. The van der Waals surface area contributed by atoms with Crippen LogP contribution in [0.25, 0.3) is 0 Å². The average Bonchev–Trinajstić information content (AvgIpc) is 2.28. The number of hydrogen-bond acceptors (Lipinski definition) is 3. The Balaban J connectivity index is 2.40. The van der Waals surface area contributed by atoms with Crippen molar-refractivity contribution in [2.45, 2.75) is 63.0 Å². The van der Waals surface area contributed by atoms with E-state index < -0.39 is 0 Å². The van der Waals surface area contributed by atoms with E-state index in [1.807, 2.05) is 11.8 Å². The molecule has 90 valence electrons. The van der Waals surface area contributed by atoms with E-state index in [2.05, 4.69) is 25.4 Å². The van der Waals surface area contributed by atoms with Crippen LogP contribution in [0, 0.1) is 0 Å². The Kier molecular flexibility index (Phi) is 6.02. The lowest BCUT2D eigenvalue weighted by molar-refractivity contribution is 0.0825. The first-order valence-corrected chi connectivity index (χ1v) is 7.29. The van der Waals surface area contributed by atoms with Gasteiger partial charge in [-0.1, -0.05) is 12.8 Å². The van der Waals surface area contributed by atoms with Crippen molar-refractivity contribution in [3.63, 3.8) is 0 Å². The number of methoxy groups -OCH3 is 1. The molecule has 0 heterocycles. The van der Waals surface area contributed by atoms with Crippen molar-refractivity contribution in [1.82, 2.24) is 5.32 Å². The van der Waals surface area contributed by atoms with Crippen molar-refractivity contribution in [2.75, 3.05) is 13.4 Å². The van der Waals surface area contributed by atoms with Crippen molar-refractivity contribution in [3.8, 4) is 0 Å². The second-order valence-corrected chi connectivity index (χ2v) is 5.64. The van der Waals surface area contributed by atoms with Crippen molar-refractivity contribution < 1.29 is 4.74 Å². The van der Waals surface area contributed by atoms with Crippen LogP contribution in [-0.4, -0.2) is 36.8 Å². The normalized spacial score (nSPS) is 31.2. The number of nitrogens with one attached hydrogen (secondary N) is 1. The minimum Gasteiger partial charge on any atom is -0.380 e. The van der Waals surface area contributed by atoms with Gasteiger partial charge >= 0.3 is 0 Å². The Morgan fingerprint density at radius 2 is 1.93 bits per heavy atom. The smallest absolute Gasteiger partial charge is 0.0693 e. The molecule has 1 N–H and O–H groups in total. The molecular weight excluding hydrogens is 206 g/mol. The second-order valence-electron chi connectivity index (χ2n) is 4.56. The molecule has 2 nitrogen and oxygen atoms in total. The SMILES string of the molecule is COC(C)C(C)NC1CCCCC1SC. The zero-order valence-electron chi connectivity index (χ0n) is 10.5. The fraction of sp³-hybridized carbons (Fsp3) is 1.00. The van der Waals surface area contributed by atoms with E-state index in [9.17, 15) is 0 Å². The van der Waals surface area contributed by atoms with Gasteiger partial charge in [0.1, 0.15) is 0 Å². The molecule has 1 fully saturated rings. The molecule has 0 aliphatic heterocycles. The standard InChI is InChI=1S/C12H25NOS/c1-9(10(2)14-3)13-11-7-5-6-8-12(11)15-4/h9-13H,5-8H2,1-4H3. The van der Waals surface area contributed by atoms with E-state index in [1.54, 1.807) is 7.11 Å². The zero-order chi connectivity index (χ0) is 11.3. The summed E-state index contributed by atoms with van der Waals surface area (Å²) >= 11 is 2.01. The topological polar surface area (TPSA) is 21.3 Å². The van der Waals surface area contributed by atoms with E-state index in [-0.39, 0.29) is 0 Å². The summed E-state index contributed by atoms with van der Waals surface area (Å²) in [5, 5.41) is 4.52. The number of rotatable bonds is 5. The maximum absolute atomic E-state index is 5.35. The summed E-state index contributed by atoms with van der Waals surface area (Å²) in [4.78, 5) is 0. The summed E-state index contributed by atoms with van der Waals surface area (Å²) in [6, 6.07) is 1.13. The van der Waals surface area contributed by atoms with Gasteiger partial charge in [-0.15, -0.1) is 0 Å². The van der Waals surface area contributed by atoms with Gasteiger partial charge in [0, 0.05) is 24.4 Å². The molecule has 4 atom stereocenters. The van der Waals surface area contributed by atoms with E-state index in [0.717, 1.165) is 5.25 Å². The largest absolute Gasteiger partial charge is 0.380 e. The molecule has 1 rings (SSSR count). The second kappa shape index (κ2) is 6.77. The van der Waals surface area contributed by atoms with Gasteiger partial charge in [-0.25, -0.2) is 0 Å². The lowest BCUT2D eigenvalue weighted by Gasteiger charge is -2.34. The molecule has 3 heteroatoms. The molecule has 4 unspecified atom stereocenters. The van der Waals surface area contributed by atoms with Gasteiger partial charge in [0.2, 0.25) is 0 Å². The van der Waals surface area contributed by atoms with Gasteiger partial charge in [-0.2, -0.15) is 11.8 Å². The lowest BCUT2D eigenvalue weighted by atomic mass is 9.94. The summed E-state index contributed by atoms with van der Waals surface area (Å²) < 4.78 is 5.35. The highest BCUT2D eigenvalue weighted by Gasteiger charge is 2.26. The van der Waals surface area contributed by atoms with Gasteiger partial charge in [0.05, 0.1) is 6.10 Å². The van der Waals surface area contributed by atoms with E-state index >= 15 is 0 Å². The molecule has 0 aromatic heterocycles. The van der Waals surface area contributed by atoms with Crippen LogP contribution < -0.4 is 5.32 Å². The number of hydrogen-bond donors (Lipinski definition) is 1. The monoisotopic (exact) mass is 231 g/mol. The van der Waals surface area contributed by atoms with Crippen molar-refractivity contribution >= 4 is 11.8 Å². The van der Waals surface area contributed by atoms with Crippen LogP contribution in [0.1, 0.15) is 39.5 Å². The summed E-state index contributed by atoms with van der Waals surface area (Å²) in [6.07, 6.45) is 8.00. The molecule has 0 spiro atoms. The van der Waals surface area contributed by atoms with Gasteiger partial charge in [0.25, 0.3) is 0 Å². The van der Waals surface area contributed by atoms with Gasteiger partial charge in [-0.3, -0.25) is 0 Å².